The van der Waals surface area contributed by atoms with Gasteiger partial charge in [-0.1, -0.05) is 62.3 Å². The van der Waals surface area contributed by atoms with E-state index in [1.54, 1.807) is 0 Å². The maximum absolute atomic E-state index is 5.71. The third kappa shape index (κ3) is 5.78. The Labute approximate surface area is 204 Å². The molecule has 1 aromatic carbocycles. The van der Waals surface area contributed by atoms with Gasteiger partial charge >= 0.3 is 0 Å². The predicted octanol–water partition coefficient (Wildman–Crippen LogP) is 5.93. The lowest BCUT2D eigenvalue weighted by atomic mass is 9.69. The van der Waals surface area contributed by atoms with E-state index in [0.29, 0.717) is 24.9 Å². The van der Waals surface area contributed by atoms with Crippen molar-refractivity contribution in [1.29, 1.82) is 0 Å². The van der Waals surface area contributed by atoms with E-state index in [-0.39, 0.29) is 5.41 Å². The number of hydrogen-bond acceptors (Lipinski definition) is 6. The number of aromatic nitrogens is 2. The molecule has 0 atom stereocenters. The fraction of sp³-hybridized carbons (Fsp3) is 0.571. The van der Waals surface area contributed by atoms with Crippen molar-refractivity contribution in [2.24, 2.45) is 0 Å². The van der Waals surface area contributed by atoms with Crippen LogP contribution in [0, 0.1) is 6.92 Å². The quantitative estimate of drug-likeness (QED) is 0.401. The summed E-state index contributed by atoms with van der Waals surface area (Å²) in [6.45, 7) is 15.3. The highest BCUT2D eigenvalue weighted by Gasteiger charge is 2.35. The molecule has 4 rings (SSSR count). The number of nitrogens with zero attached hydrogens (tertiary/aromatic N) is 3. The molecule has 6 nitrogen and oxygen atoms in total. The first-order chi connectivity index (χ1) is 16.4. The minimum atomic E-state index is 0.184. The van der Waals surface area contributed by atoms with Gasteiger partial charge in [0.2, 0.25) is 0 Å². The van der Waals surface area contributed by atoms with E-state index in [1.807, 2.05) is 0 Å². The minimum Gasteiger partial charge on any atom is -0.360 e. The Morgan fingerprint density at radius 3 is 1.97 bits per heavy atom. The van der Waals surface area contributed by atoms with Crippen LogP contribution in [0.3, 0.4) is 0 Å². The van der Waals surface area contributed by atoms with Gasteiger partial charge < -0.3 is 14.4 Å². The minimum absolute atomic E-state index is 0.184. The summed E-state index contributed by atoms with van der Waals surface area (Å²) in [5.41, 5.74) is 5.09. The highest BCUT2D eigenvalue weighted by Crippen LogP contribution is 2.39. The number of hydrogen-bond donors (Lipinski definition) is 1. The second-order valence-electron chi connectivity index (χ2n) is 10.6. The van der Waals surface area contributed by atoms with Crippen molar-refractivity contribution in [3.63, 3.8) is 0 Å². The molecule has 0 spiro atoms. The van der Waals surface area contributed by atoms with Gasteiger partial charge in [-0.25, -0.2) is 0 Å². The summed E-state index contributed by atoms with van der Waals surface area (Å²) >= 11 is 0. The molecule has 0 saturated carbocycles. The Hall–Kier alpha value is -2.44. The molecule has 1 saturated heterocycles. The Morgan fingerprint density at radius 2 is 1.47 bits per heavy atom. The van der Waals surface area contributed by atoms with Crippen molar-refractivity contribution in [3.05, 3.63) is 70.4 Å². The summed E-state index contributed by atoms with van der Waals surface area (Å²) in [6.07, 6.45) is 3.41. The Morgan fingerprint density at radius 1 is 0.912 bits per heavy atom. The van der Waals surface area contributed by atoms with E-state index < -0.39 is 0 Å². The van der Waals surface area contributed by atoms with Crippen molar-refractivity contribution in [2.45, 2.75) is 84.2 Å². The summed E-state index contributed by atoms with van der Waals surface area (Å²) in [5.74, 6) is 2.52. The van der Waals surface area contributed by atoms with Gasteiger partial charge in [0.05, 0.1) is 24.5 Å². The van der Waals surface area contributed by atoms with Crippen molar-refractivity contribution in [2.75, 3.05) is 19.6 Å². The lowest BCUT2D eigenvalue weighted by Crippen LogP contribution is -2.42. The second kappa shape index (κ2) is 10.9. The van der Waals surface area contributed by atoms with Crippen molar-refractivity contribution in [1.82, 2.24) is 20.5 Å². The number of aryl methyl sites for hydroxylation is 1. The van der Waals surface area contributed by atoms with Gasteiger partial charge in [-0.2, -0.15) is 0 Å². The molecule has 1 fully saturated rings. The smallest absolute Gasteiger partial charge is 0.150 e. The number of nitrogens with one attached hydrogen (secondary N) is 1. The standard InChI is InChI=1S/C28H40N4O2/c1-20(2)26-16-23(33-30-26)18-32(19-24-17-27(21(3)4)31-34-24)15-12-28(10-13-29-14-11-28)25-9-7-6-8-22(25)5/h6-9,16-17,20-21,29H,10-15,18-19H2,1-5H3. The summed E-state index contributed by atoms with van der Waals surface area (Å²) in [6, 6.07) is 13.1. The van der Waals surface area contributed by atoms with Gasteiger partial charge in [0.1, 0.15) is 0 Å². The monoisotopic (exact) mass is 464 g/mol. The zero-order valence-corrected chi connectivity index (χ0v) is 21.4. The normalized spacial score (nSPS) is 16.1. The Balaban J connectivity index is 1.55. The van der Waals surface area contributed by atoms with Crippen LogP contribution in [0.5, 0.6) is 0 Å². The summed E-state index contributed by atoms with van der Waals surface area (Å²) in [5, 5.41) is 12.1. The highest BCUT2D eigenvalue weighted by molar-refractivity contribution is 5.34. The van der Waals surface area contributed by atoms with Crippen LogP contribution in [0.4, 0.5) is 0 Å². The molecule has 1 N–H and O–H groups in total. The first-order valence-electron chi connectivity index (χ1n) is 12.8. The SMILES string of the molecule is Cc1ccccc1C1(CCN(Cc2cc(C(C)C)no2)Cc2cc(C(C)C)no2)CCNCC1. The van der Waals surface area contributed by atoms with Gasteiger partial charge in [0.15, 0.2) is 11.5 Å². The third-order valence-electron chi connectivity index (χ3n) is 7.28. The van der Waals surface area contributed by atoms with E-state index in [4.69, 9.17) is 9.05 Å². The molecule has 0 unspecified atom stereocenters. The van der Waals surface area contributed by atoms with Crippen LogP contribution in [0.2, 0.25) is 0 Å². The van der Waals surface area contributed by atoms with Crippen molar-refractivity contribution >= 4 is 0 Å². The average Bonchev–Trinajstić information content (AvgIpc) is 3.48. The van der Waals surface area contributed by atoms with Crippen molar-refractivity contribution in [3.8, 4) is 0 Å². The van der Waals surface area contributed by atoms with Crippen LogP contribution in [-0.4, -0.2) is 34.8 Å². The lowest BCUT2D eigenvalue weighted by molar-refractivity contribution is 0.168. The van der Waals surface area contributed by atoms with Crippen LogP contribution in [-0.2, 0) is 18.5 Å². The maximum Gasteiger partial charge on any atom is 0.150 e. The molecule has 184 valence electrons. The second-order valence-corrected chi connectivity index (χ2v) is 10.6. The highest BCUT2D eigenvalue weighted by atomic mass is 16.5. The van der Waals surface area contributed by atoms with Crippen LogP contribution < -0.4 is 5.32 Å². The predicted molar refractivity (Wildman–Crippen MR) is 135 cm³/mol. The molecule has 1 aliphatic heterocycles. The van der Waals surface area contributed by atoms with Crippen LogP contribution in [0.25, 0.3) is 0 Å². The topological polar surface area (TPSA) is 67.3 Å². The maximum atomic E-state index is 5.71. The molecule has 34 heavy (non-hydrogen) atoms. The van der Waals surface area contributed by atoms with E-state index >= 15 is 0 Å². The summed E-state index contributed by atoms with van der Waals surface area (Å²) in [7, 11) is 0. The Bertz CT molecular complexity index is 998. The molecule has 0 radical (unpaired) electrons. The number of piperidine rings is 1. The zero-order valence-electron chi connectivity index (χ0n) is 21.4. The fourth-order valence-electron chi connectivity index (χ4n) is 5.11. The van der Waals surface area contributed by atoms with E-state index in [2.05, 4.69) is 91.5 Å². The van der Waals surface area contributed by atoms with Gasteiger partial charge in [-0.3, -0.25) is 4.90 Å². The van der Waals surface area contributed by atoms with Crippen molar-refractivity contribution < 1.29 is 9.05 Å². The molecule has 3 aromatic rings. The summed E-state index contributed by atoms with van der Waals surface area (Å²) < 4.78 is 11.4. The first-order valence-corrected chi connectivity index (χ1v) is 12.8. The van der Waals surface area contributed by atoms with Crippen LogP contribution >= 0.6 is 0 Å². The lowest BCUT2D eigenvalue weighted by Gasteiger charge is -2.40. The fourth-order valence-corrected chi connectivity index (χ4v) is 5.11. The van der Waals surface area contributed by atoms with Gasteiger partial charge in [0.25, 0.3) is 0 Å². The molecule has 1 aliphatic rings. The zero-order chi connectivity index (χ0) is 24.1. The molecule has 0 amide bonds. The molecule has 0 aliphatic carbocycles. The number of rotatable bonds is 10. The molecule has 2 aromatic heterocycles. The summed E-state index contributed by atoms with van der Waals surface area (Å²) in [4.78, 5) is 2.43. The van der Waals surface area contributed by atoms with E-state index in [1.165, 1.54) is 11.1 Å². The van der Waals surface area contributed by atoms with Crippen LogP contribution in [0.1, 0.15) is 92.8 Å². The largest absolute Gasteiger partial charge is 0.360 e. The van der Waals surface area contributed by atoms with Gasteiger partial charge in [-0.05, 0) is 74.2 Å². The Kier molecular flexibility index (Phi) is 7.89. The average molecular weight is 465 g/mol. The van der Waals surface area contributed by atoms with E-state index in [0.717, 1.165) is 61.8 Å². The van der Waals surface area contributed by atoms with Crippen LogP contribution in [0.15, 0.2) is 45.4 Å². The molecule has 0 bridgehead atoms. The molecule has 3 heterocycles. The third-order valence-corrected chi connectivity index (χ3v) is 7.28. The van der Waals surface area contributed by atoms with E-state index in [9.17, 15) is 0 Å². The number of benzene rings is 1. The molecular weight excluding hydrogens is 424 g/mol. The molecule has 6 heteroatoms. The first kappa shape index (κ1) is 24.7. The van der Waals surface area contributed by atoms with Gasteiger partial charge in [-0.15, -0.1) is 0 Å². The van der Waals surface area contributed by atoms with Gasteiger partial charge in [0, 0.05) is 12.1 Å². The molecular formula is C28H40N4O2.